The highest BCUT2D eigenvalue weighted by atomic mass is 16.5. The molecule has 1 heterocycles. The summed E-state index contributed by atoms with van der Waals surface area (Å²) in [6.45, 7) is 7.84. The van der Waals surface area contributed by atoms with Crippen molar-refractivity contribution in [3.05, 3.63) is 0 Å². The number of hydrogen-bond donors (Lipinski definition) is 1. The maximum atomic E-state index is 8.94. The van der Waals surface area contributed by atoms with Gasteiger partial charge in [-0.2, -0.15) is 0 Å². The van der Waals surface area contributed by atoms with E-state index in [4.69, 9.17) is 9.84 Å². The van der Waals surface area contributed by atoms with E-state index >= 15 is 0 Å². The van der Waals surface area contributed by atoms with Crippen molar-refractivity contribution in [2.45, 2.75) is 45.3 Å². The molecule has 14 heavy (non-hydrogen) atoms. The molecule has 0 unspecified atom stereocenters. The molecular weight excluding hydrogens is 178 g/mol. The molecule has 84 valence electrons. The van der Waals surface area contributed by atoms with Crippen LogP contribution in [0.1, 0.15) is 33.1 Å². The molecule has 1 aliphatic heterocycles. The average molecular weight is 201 g/mol. The topological polar surface area (TPSA) is 32.7 Å². The Hall–Kier alpha value is -0.120. The van der Waals surface area contributed by atoms with Crippen molar-refractivity contribution in [2.75, 3.05) is 26.2 Å². The second-order valence-corrected chi connectivity index (χ2v) is 4.03. The fourth-order valence-corrected chi connectivity index (χ4v) is 2.03. The van der Waals surface area contributed by atoms with Gasteiger partial charge in [0.05, 0.1) is 18.8 Å². The van der Waals surface area contributed by atoms with Crippen molar-refractivity contribution >= 4 is 0 Å². The van der Waals surface area contributed by atoms with Crippen LogP contribution in [-0.4, -0.2) is 48.5 Å². The fraction of sp³-hybridized carbons (Fsp3) is 1.00. The molecule has 3 nitrogen and oxygen atoms in total. The van der Waals surface area contributed by atoms with E-state index in [-0.39, 0.29) is 12.7 Å². The molecule has 0 spiro atoms. The van der Waals surface area contributed by atoms with Crippen LogP contribution in [0.25, 0.3) is 0 Å². The Labute approximate surface area is 87.1 Å². The Morgan fingerprint density at radius 2 is 2.00 bits per heavy atom. The van der Waals surface area contributed by atoms with Crippen LogP contribution in [0, 0.1) is 0 Å². The monoisotopic (exact) mass is 201 g/mol. The van der Waals surface area contributed by atoms with Crippen LogP contribution in [-0.2, 0) is 4.74 Å². The fourth-order valence-electron chi connectivity index (χ4n) is 2.03. The molecule has 0 bridgehead atoms. The second kappa shape index (κ2) is 6.38. The smallest absolute Gasteiger partial charge is 0.0811 e. The number of nitrogens with zero attached hydrogens (tertiary/aromatic N) is 1. The van der Waals surface area contributed by atoms with Crippen LogP contribution >= 0.6 is 0 Å². The van der Waals surface area contributed by atoms with Gasteiger partial charge in [-0.1, -0.05) is 13.8 Å². The molecule has 2 atom stereocenters. The number of rotatable bonds is 6. The Balaban J connectivity index is 2.22. The van der Waals surface area contributed by atoms with Gasteiger partial charge in [0, 0.05) is 6.54 Å². The van der Waals surface area contributed by atoms with Gasteiger partial charge >= 0.3 is 0 Å². The molecule has 3 heteroatoms. The van der Waals surface area contributed by atoms with Gasteiger partial charge in [-0.25, -0.2) is 0 Å². The largest absolute Gasteiger partial charge is 0.394 e. The summed E-state index contributed by atoms with van der Waals surface area (Å²) in [5, 5.41) is 8.94. The lowest BCUT2D eigenvalue weighted by molar-refractivity contribution is -0.00266. The van der Waals surface area contributed by atoms with Crippen LogP contribution < -0.4 is 0 Å². The first-order chi connectivity index (χ1) is 6.80. The molecule has 0 aliphatic carbocycles. The molecule has 0 saturated carbocycles. The third-order valence-corrected chi connectivity index (χ3v) is 2.85. The van der Waals surface area contributed by atoms with Crippen LogP contribution in [0.4, 0.5) is 0 Å². The summed E-state index contributed by atoms with van der Waals surface area (Å²) in [4.78, 5) is 2.42. The van der Waals surface area contributed by atoms with Crippen LogP contribution in [0.3, 0.4) is 0 Å². The minimum atomic E-state index is 0.0975. The van der Waals surface area contributed by atoms with Gasteiger partial charge < -0.3 is 14.7 Å². The summed E-state index contributed by atoms with van der Waals surface area (Å²) in [7, 11) is 0. The lowest BCUT2D eigenvalue weighted by atomic mass is 10.2. The summed E-state index contributed by atoms with van der Waals surface area (Å²) in [6, 6.07) is 0. The molecule has 1 saturated heterocycles. The predicted octanol–water partition coefficient (Wildman–Crippen LogP) is 1.26. The van der Waals surface area contributed by atoms with E-state index in [2.05, 4.69) is 18.7 Å². The van der Waals surface area contributed by atoms with Gasteiger partial charge in [0.2, 0.25) is 0 Å². The van der Waals surface area contributed by atoms with Gasteiger partial charge in [0.15, 0.2) is 0 Å². The van der Waals surface area contributed by atoms with Gasteiger partial charge in [0.25, 0.3) is 0 Å². The normalized spacial score (nSPS) is 27.4. The van der Waals surface area contributed by atoms with Gasteiger partial charge in [0.1, 0.15) is 0 Å². The number of aliphatic hydroxyl groups excluding tert-OH is 1. The van der Waals surface area contributed by atoms with E-state index in [9.17, 15) is 0 Å². The molecule has 0 aromatic carbocycles. The zero-order valence-corrected chi connectivity index (χ0v) is 9.41. The quantitative estimate of drug-likeness (QED) is 0.702. The number of hydrogen-bond acceptors (Lipinski definition) is 3. The van der Waals surface area contributed by atoms with Crippen molar-refractivity contribution in [3.63, 3.8) is 0 Å². The zero-order valence-electron chi connectivity index (χ0n) is 9.41. The lowest BCUT2D eigenvalue weighted by Crippen LogP contribution is -2.33. The van der Waals surface area contributed by atoms with Crippen molar-refractivity contribution < 1.29 is 9.84 Å². The standard InChI is InChI=1S/C11H23NO2/c1-3-7-12(4-2)8-10-5-6-11(9-13)14-10/h10-11,13H,3-9H2,1-2H3/t10-,11+/m0/s1. The van der Waals surface area contributed by atoms with Crippen LogP contribution in [0.15, 0.2) is 0 Å². The summed E-state index contributed by atoms with van der Waals surface area (Å²) >= 11 is 0. The predicted molar refractivity (Wildman–Crippen MR) is 57.4 cm³/mol. The molecule has 1 N–H and O–H groups in total. The summed E-state index contributed by atoms with van der Waals surface area (Å²) in [5.41, 5.74) is 0. The SMILES string of the molecule is CCCN(CC)C[C@@H]1CC[C@H](CO)O1. The second-order valence-electron chi connectivity index (χ2n) is 4.03. The number of ether oxygens (including phenoxy) is 1. The van der Waals surface area contributed by atoms with Crippen LogP contribution in [0.5, 0.6) is 0 Å². The van der Waals surface area contributed by atoms with Crippen molar-refractivity contribution in [1.82, 2.24) is 4.90 Å². The molecule has 1 fully saturated rings. The zero-order chi connectivity index (χ0) is 10.4. The van der Waals surface area contributed by atoms with Crippen molar-refractivity contribution in [1.29, 1.82) is 0 Å². The number of likely N-dealkylation sites (N-methyl/N-ethyl adjacent to an activating group) is 1. The first-order valence-electron chi connectivity index (χ1n) is 5.78. The molecule has 1 aliphatic rings. The van der Waals surface area contributed by atoms with Crippen molar-refractivity contribution in [3.8, 4) is 0 Å². The minimum Gasteiger partial charge on any atom is -0.394 e. The third kappa shape index (κ3) is 3.56. The highest BCUT2D eigenvalue weighted by Crippen LogP contribution is 2.19. The first-order valence-corrected chi connectivity index (χ1v) is 5.78. The van der Waals surface area contributed by atoms with Gasteiger partial charge in [-0.3, -0.25) is 0 Å². The molecule has 0 aromatic rings. The molecular formula is C11H23NO2. The molecule has 1 rings (SSSR count). The maximum absolute atomic E-state index is 8.94. The van der Waals surface area contributed by atoms with E-state index in [0.717, 1.165) is 32.5 Å². The van der Waals surface area contributed by atoms with E-state index in [1.807, 2.05) is 0 Å². The average Bonchev–Trinajstić information content (AvgIpc) is 2.65. The van der Waals surface area contributed by atoms with E-state index in [1.165, 1.54) is 6.42 Å². The molecule has 0 radical (unpaired) electrons. The Morgan fingerprint density at radius 1 is 1.29 bits per heavy atom. The summed E-state index contributed by atoms with van der Waals surface area (Å²) in [5.74, 6) is 0. The Kier molecular flexibility index (Phi) is 5.45. The Bertz CT molecular complexity index is 152. The van der Waals surface area contributed by atoms with Gasteiger partial charge in [-0.05, 0) is 32.4 Å². The number of aliphatic hydroxyl groups is 1. The van der Waals surface area contributed by atoms with Crippen LogP contribution in [0.2, 0.25) is 0 Å². The molecule has 0 amide bonds. The lowest BCUT2D eigenvalue weighted by Gasteiger charge is -2.23. The minimum absolute atomic E-state index is 0.0975. The third-order valence-electron chi connectivity index (χ3n) is 2.85. The molecule has 0 aromatic heterocycles. The van der Waals surface area contributed by atoms with E-state index < -0.39 is 0 Å². The van der Waals surface area contributed by atoms with Crippen molar-refractivity contribution in [2.24, 2.45) is 0 Å². The Morgan fingerprint density at radius 3 is 2.50 bits per heavy atom. The van der Waals surface area contributed by atoms with Gasteiger partial charge in [-0.15, -0.1) is 0 Å². The summed E-state index contributed by atoms with van der Waals surface area (Å²) in [6.07, 6.45) is 3.76. The highest BCUT2D eigenvalue weighted by molar-refractivity contribution is 4.75. The highest BCUT2D eigenvalue weighted by Gasteiger charge is 2.25. The first kappa shape index (κ1) is 12.0. The van der Waals surface area contributed by atoms with E-state index in [0.29, 0.717) is 6.10 Å². The van der Waals surface area contributed by atoms with E-state index in [1.54, 1.807) is 0 Å². The summed E-state index contributed by atoms with van der Waals surface area (Å²) < 4.78 is 5.70. The maximum Gasteiger partial charge on any atom is 0.0811 e.